The van der Waals surface area contributed by atoms with Gasteiger partial charge in [0.25, 0.3) is 5.69 Å². The first-order valence-corrected chi connectivity index (χ1v) is 15.0. The van der Waals surface area contributed by atoms with Crippen LogP contribution in [0.2, 0.25) is 5.02 Å². The molecular formula is C30H24ClF2N7O5S. The number of ketones is 1. The zero-order chi connectivity index (χ0) is 32.4. The molecule has 1 fully saturated rings. The topological polar surface area (TPSA) is 151 Å². The SMILES string of the molecule is Nc1c(C(=O)c2ccc(Cl)c([N+](=O)[O-])c2)sc(Nc2ccc(OC(F)F)cc2)c1-c1nnc(N2CCOCC2)n1-c1ccccc1. The van der Waals surface area contributed by atoms with E-state index < -0.39 is 23.0 Å². The van der Waals surface area contributed by atoms with E-state index in [4.69, 9.17) is 22.1 Å². The number of anilines is 4. The summed E-state index contributed by atoms with van der Waals surface area (Å²) >= 11 is 6.99. The number of nitrogens with zero attached hydrogens (tertiary/aromatic N) is 5. The van der Waals surface area contributed by atoms with Gasteiger partial charge in [-0.1, -0.05) is 29.8 Å². The monoisotopic (exact) mass is 667 g/mol. The van der Waals surface area contributed by atoms with Crippen molar-refractivity contribution in [2.75, 3.05) is 42.3 Å². The summed E-state index contributed by atoms with van der Waals surface area (Å²) in [7, 11) is 0. The van der Waals surface area contributed by atoms with E-state index in [-0.39, 0.29) is 26.9 Å². The molecule has 1 aliphatic heterocycles. The number of ether oxygens (including phenoxy) is 2. The van der Waals surface area contributed by atoms with Gasteiger partial charge in [0.1, 0.15) is 20.7 Å². The molecule has 1 aliphatic rings. The van der Waals surface area contributed by atoms with Gasteiger partial charge in [0.2, 0.25) is 11.7 Å². The van der Waals surface area contributed by atoms with Gasteiger partial charge < -0.3 is 25.4 Å². The highest BCUT2D eigenvalue weighted by Gasteiger charge is 2.30. The van der Waals surface area contributed by atoms with Gasteiger partial charge in [0.15, 0.2) is 5.82 Å². The van der Waals surface area contributed by atoms with Crippen LogP contribution in [0.5, 0.6) is 5.75 Å². The molecule has 2 aromatic heterocycles. The Balaban J connectivity index is 1.51. The summed E-state index contributed by atoms with van der Waals surface area (Å²) in [4.78, 5) is 26.8. The molecular weight excluding hydrogens is 644 g/mol. The molecule has 3 heterocycles. The summed E-state index contributed by atoms with van der Waals surface area (Å²) < 4.78 is 37.3. The Hall–Kier alpha value is -5.12. The molecule has 0 radical (unpaired) electrons. The number of para-hydroxylation sites is 1. The van der Waals surface area contributed by atoms with Crippen LogP contribution >= 0.6 is 22.9 Å². The second-order valence-corrected chi connectivity index (χ2v) is 11.4. The summed E-state index contributed by atoms with van der Waals surface area (Å²) in [5, 5.41) is 24.1. The Kier molecular flexibility index (Phi) is 8.78. The van der Waals surface area contributed by atoms with E-state index in [1.165, 1.54) is 36.4 Å². The highest BCUT2D eigenvalue weighted by atomic mass is 35.5. The molecule has 12 nitrogen and oxygen atoms in total. The number of nitrogen functional groups attached to an aromatic ring is 1. The van der Waals surface area contributed by atoms with E-state index >= 15 is 0 Å². The number of thiophene rings is 1. The van der Waals surface area contributed by atoms with E-state index in [1.807, 2.05) is 39.8 Å². The van der Waals surface area contributed by atoms with E-state index in [0.717, 1.165) is 23.1 Å². The maximum atomic E-state index is 13.8. The first-order valence-electron chi connectivity index (χ1n) is 13.8. The number of hydrogen-bond acceptors (Lipinski definition) is 11. The molecule has 46 heavy (non-hydrogen) atoms. The molecule has 0 saturated carbocycles. The predicted octanol–water partition coefficient (Wildman–Crippen LogP) is 6.55. The van der Waals surface area contributed by atoms with Crippen LogP contribution in [0.25, 0.3) is 17.1 Å². The number of benzene rings is 3. The number of nitrogens with one attached hydrogen (secondary N) is 1. The highest BCUT2D eigenvalue weighted by Crippen LogP contribution is 2.46. The minimum Gasteiger partial charge on any atom is -0.435 e. The first-order chi connectivity index (χ1) is 22.2. The van der Waals surface area contributed by atoms with Gasteiger partial charge in [-0.15, -0.1) is 21.5 Å². The molecule has 16 heteroatoms. The van der Waals surface area contributed by atoms with Crippen molar-refractivity contribution in [3.63, 3.8) is 0 Å². The Morgan fingerprint density at radius 2 is 1.80 bits per heavy atom. The Labute approximate surface area is 269 Å². The lowest BCUT2D eigenvalue weighted by Gasteiger charge is -2.28. The van der Waals surface area contributed by atoms with Gasteiger partial charge in [0, 0.05) is 30.4 Å². The summed E-state index contributed by atoms with van der Waals surface area (Å²) in [6.45, 7) is -0.837. The van der Waals surface area contributed by atoms with Crippen LogP contribution < -0.4 is 20.7 Å². The quantitative estimate of drug-likeness (QED) is 0.0953. The second-order valence-electron chi connectivity index (χ2n) is 9.92. The van der Waals surface area contributed by atoms with Crippen LogP contribution in [0.1, 0.15) is 15.2 Å². The lowest BCUT2D eigenvalue weighted by atomic mass is 10.1. The zero-order valence-corrected chi connectivity index (χ0v) is 25.3. The number of nitrogens with two attached hydrogens (primary N) is 1. The van der Waals surface area contributed by atoms with Crippen LogP contribution in [0.15, 0.2) is 72.8 Å². The summed E-state index contributed by atoms with van der Waals surface area (Å²) in [5.74, 6) is 0.251. The number of halogens is 3. The van der Waals surface area contributed by atoms with Crippen LogP contribution in [0, 0.1) is 10.1 Å². The highest BCUT2D eigenvalue weighted by molar-refractivity contribution is 7.19. The molecule has 0 bridgehead atoms. The summed E-state index contributed by atoms with van der Waals surface area (Å²) in [6, 6.07) is 18.9. The van der Waals surface area contributed by atoms with Crippen LogP contribution in [0.4, 0.5) is 36.8 Å². The fourth-order valence-corrected chi connectivity index (χ4v) is 6.20. The smallest absolute Gasteiger partial charge is 0.387 e. The molecule has 5 aromatic rings. The lowest BCUT2D eigenvalue weighted by Crippen LogP contribution is -2.37. The molecule has 0 spiro atoms. The molecule has 236 valence electrons. The molecule has 6 rings (SSSR count). The Morgan fingerprint density at radius 3 is 2.48 bits per heavy atom. The summed E-state index contributed by atoms with van der Waals surface area (Å²) in [5.41, 5.74) is 7.94. The lowest BCUT2D eigenvalue weighted by molar-refractivity contribution is -0.384. The van der Waals surface area contributed by atoms with Crippen molar-refractivity contribution in [3.8, 4) is 22.8 Å². The number of aromatic nitrogens is 3. The van der Waals surface area contributed by atoms with Crippen LogP contribution in [0.3, 0.4) is 0 Å². The van der Waals surface area contributed by atoms with Crippen molar-refractivity contribution in [1.82, 2.24) is 14.8 Å². The van der Waals surface area contributed by atoms with Crippen LogP contribution in [-0.2, 0) is 4.74 Å². The van der Waals surface area contributed by atoms with Gasteiger partial charge >= 0.3 is 6.61 Å². The fraction of sp³-hybridized carbons (Fsp3) is 0.167. The van der Waals surface area contributed by atoms with E-state index in [2.05, 4.69) is 20.3 Å². The zero-order valence-electron chi connectivity index (χ0n) is 23.7. The maximum Gasteiger partial charge on any atom is 0.387 e. The Bertz CT molecular complexity index is 1900. The van der Waals surface area contributed by atoms with Gasteiger partial charge in [-0.25, -0.2) is 0 Å². The molecule has 0 amide bonds. The molecule has 0 unspecified atom stereocenters. The predicted molar refractivity (Wildman–Crippen MR) is 170 cm³/mol. The van der Waals surface area contributed by atoms with Gasteiger partial charge in [-0.05, 0) is 48.5 Å². The molecule has 3 aromatic carbocycles. The van der Waals surface area contributed by atoms with Gasteiger partial charge in [-0.2, -0.15) is 8.78 Å². The van der Waals surface area contributed by atoms with Crippen molar-refractivity contribution in [3.05, 3.63) is 98.4 Å². The van der Waals surface area contributed by atoms with Crippen molar-refractivity contribution >= 4 is 56.7 Å². The second kappa shape index (κ2) is 13.1. The average Bonchev–Trinajstić information content (AvgIpc) is 3.63. The standard InChI is InChI=1S/C30H24ClF2N7O5S/c31-21-11-6-17(16-22(21)40(42)43)25(41)26-24(34)23(28(46-26)35-18-7-9-20(10-8-18)45-29(32)33)27-36-37-30(38-12-14-44-15-13-38)39(27)19-4-2-1-3-5-19/h1-11,16,29,35H,12-15,34H2. The minimum atomic E-state index is -2.98. The number of hydrogen-bond donors (Lipinski definition) is 2. The average molecular weight is 668 g/mol. The van der Waals surface area contributed by atoms with Gasteiger partial charge in [-0.3, -0.25) is 19.5 Å². The fourth-order valence-electron chi connectivity index (χ4n) is 4.92. The number of morpholine rings is 1. The number of alkyl halides is 2. The molecule has 0 atom stereocenters. The summed E-state index contributed by atoms with van der Waals surface area (Å²) in [6.07, 6.45) is 0. The molecule has 0 aliphatic carbocycles. The third-order valence-corrected chi connectivity index (χ3v) is 8.51. The molecule has 3 N–H and O–H groups in total. The van der Waals surface area contributed by atoms with E-state index in [0.29, 0.717) is 54.3 Å². The minimum absolute atomic E-state index is 0.00850. The number of carbonyl (C=O) groups is 1. The largest absolute Gasteiger partial charge is 0.435 e. The number of rotatable bonds is 10. The van der Waals surface area contributed by atoms with E-state index in [9.17, 15) is 23.7 Å². The van der Waals surface area contributed by atoms with Crippen molar-refractivity contribution in [2.45, 2.75) is 6.61 Å². The number of nitro benzene ring substituents is 1. The Morgan fingerprint density at radius 1 is 1.09 bits per heavy atom. The van der Waals surface area contributed by atoms with Gasteiger partial charge in [0.05, 0.1) is 35.1 Å². The maximum absolute atomic E-state index is 13.8. The first kappa shape index (κ1) is 30.9. The van der Waals surface area contributed by atoms with Crippen molar-refractivity contribution in [1.29, 1.82) is 0 Å². The van der Waals surface area contributed by atoms with E-state index in [1.54, 1.807) is 0 Å². The third kappa shape index (κ3) is 6.20. The number of carbonyl (C=O) groups excluding carboxylic acids is 1. The van der Waals surface area contributed by atoms with Crippen molar-refractivity contribution < 1.29 is 28.0 Å². The van der Waals surface area contributed by atoms with Crippen molar-refractivity contribution in [2.24, 2.45) is 0 Å². The number of nitro groups is 1. The molecule has 1 saturated heterocycles. The third-order valence-electron chi connectivity index (χ3n) is 7.07. The van der Waals surface area contributed by atoms with Crippen LogP contribution in [-0.4, -0.2) is 58.4 Å². The normalized spacial score (nSPS) is 13.2.